The van der Waals surface area contributed by atoms with E-state index in [1.807, 2.05) is 12.1 Å². The van der Waals surface area contributed by atoms with Crippen LogP contribution in [0.1, 0.15) is 38.3 Å². The van der Waals surface area contributed by atoms with Gasteiger partial charge in [0.1, 0.15) is 5.75 Å². The Morgan fingerprint density at radius 3 is 2.62 bits per heavy atom. The Bertz CT molecular complexity index is 421. The second kappa shape index (κ2) is 7.78. The van der Waals surface area contributed by atoms with Crippen LogP contribution in [0.2, 0.25) is 0 Å². The summed E-state index contributed by atoms with van der Waals surface area (Å²) in [5.41, 5.74) is 7.69. The van der Waals surface area contributed by atoms with Crippen LogP contribution in [0.25, 0.3) is 0 Å². The lowest BCUT2D eigenvalue weighted by atomic mass is 9.95. The fourth-order valence-corrected chi connectivity index (χ4v) is 2.99. The molecule has 0 aliphatic carbocycles. The summed E-state index contributed by atoms with van der Waals surface area (Å²) < 4.78 is 11.0. The van der Waals surface area contributed by atoms with Crippen molar-refractivity contribution >= 4 is 0 Å². The van der Waals surface area contributed by atoms with E-state index in [1.165, 1.54) is 5.56 Å². The van der Waals surface area contributed by atoms with E-state index in [-0.39, 0.29) is 12.1 Å². The molecule has 1 aromatic carbocycles. The Kier molecular flexibility index (Phi) is 6.03. The van der Waals surface area contributed by atoms with Gasteiger partial charge in [-0.15, -0.1) is 0 Å². The maximum atomic E-state index is 6.42. The van der Waals surface area contributed by atoms with Crippen molar-refractivity contribution in [3.05, 3.63) is 29.8 Å². The fraction of sp³-hybridized carbons (Fsp3) is 0.647. The monoisotopic (exact) mass is 292 g/mol. The Morgan fingerprint density at radius 1 is 1.33 bits per heavy atom. The molecule has 1 aliphatic rings. The molecule has 1 saturated heterocycles. The highest BCUT2D eigenvalue weighted by molar-refractivity contribution is 5.30. The largest absolute Gasteiger partial charge is 0.497 e. The second-order valence-corrected chi connectivity index (χ2v) is 5.69. The van der Waals surface area contributed by atoms with E-state index in [2.05, 4.69) is 30.9 Å². The average molecular weight is 292 g/mol. The minimum absolute atomic E-state index is 0.133. The number of hydrogen-bond acceptors (Lipinski definition) is 4. The number of morpholine rings is 1. The molecule has 0 saturated carbocycles. The first kappa shape index (κ1) is 16.3. The number of methoxy groups -OCH3 is 1. The zero-order valence-electron chi connectivity index (χ0n) is 13.4. The molecule has 1 fully saturated rings. The minimum atomic E-state index is 0.133. The molecule has 21 heavy (non-hydrogen) atoms. The number of benzene rings is 1. The van der Waals surface area contributed by atoms with Crippen molar-refractivity contribution in [1.29, 1.82) is 0 Å². The number of rotatable bonds is 6. The lowest BCUT2D eigenvalue weighted by Gasteiger charge is -2.40. The molecule has 0 amide bonds. The van der Waals surface area contributed by atoms with Gasteiger partial charge in [-0.3, -0.25) is 4.90 Å². The van der Waals surface area contributed by atoms with E-state index in [0.717, 1.165) is 38.3 Å². The van der Waals surface area contributed by atoms with Crippen LogP contribution in [0.4, 0.5) is 0 Å². The van der Waals surface area contributed by atoms with Crippen molar-refractivity contribution in [3.8, 4) is 5.75 Å². The molecule has 1 heterocycles. The average Bonchev–Trinajstić information content (AvgIpc) is 2.55. The number of ether oxygens (including phenoxy) is 2. The second-order valence-electron chi connectivity index (χ2n) is 5.69. The first-order chi connectivity index (χ1) is 10.2. The predicted octanol–water partition coefficient (Wildman–Crippen LogP) is 2.58. The van der Waals surface area contributed by atoms with Crippen molar-refractivity contribution in [3.63, 3.8) is 0 Å². The van der Waals surface area contributed by atoms with E-state index in [1.54, 1.807) is 7.11 Å². The van der Waals surface area contributed by atoms with Gasteiger partial charge in [0.25, 0.3) is 0 Å². The molecular formula is C17H28N2O2. The standard InChI is InChI=1S/C17H28N2O2/c1-4-14-12-19(10-11-21-14)17(16(18)5-2)13-6-8-15(20-3)9-7-13/h6-9,14,16-17H,4-5,10-12,18H2,1-3H3. The van der Waals surface area contributed by atoms with Crippen molar-refractivity contribution in [2.75, 3.05) is 26.8 Å². The van der Waals surface area contributed by atoms with Gasteiger partial charge >= 0.3 is 0 Å². The maximum absolute atomic E-state index is 6.42. The summed E-state index contributed by atoms with van der Waals surface area (Å²) in [5, 5.41) is 0. The number of nitrogens with zero attached hydrogens (tertiary/aromatic N) is 1. The van der Waals surface area contributed by atoms with E-state index in [9.17, 15) is 0 Å². The quantitative estimate of drug-likeness (QED) is 0.875. The highest BCUT2D eigenvalue weighted by Gasteiger charge is 2.30. The highest BCUT2D eigenvalue weighted by Crippen LogP contribution is 2.28. The third-order valence-corrected chi connectivity index (χ3v) is 4.35. The van der Waals surface area contributed by atoms with Gasteiger partial charge in [-0.05, 0) is 30.5 Å². The van der Waals surface area contributed by atoms with Crippen molar-refractivity contribution < 1.29 is 9.47 Å². The van der Waals surface area contributed by atoms with E-state index < -0.39 is 0 Å². The summed E-state index contributed by atoms with van der Waals surface area (Å²) in [7, 11) is 1.69. The molecule has 3 atom stereocenters. The van der Waals surface area contributed by atoms with E-state index in [4.69, 9.17) is 15.2 Å². The van der Waals surface area contributed by atoms with Crippen LogP contribution in [0, 0.1) is 0 Å². The molecule has 1 aromatic rings. The van der Waals surface area contributed by atoms with Gasteiger partial charge in [0.05, 0.1) is 25.9 Å². The van der Waals surface area contributed by atoms with E-state index >= 15 is 0 Å². The van der Waals surface area contributed by atoms with Gasteiger partial charge in [0.15, 0.2) is 0 Å². The normalized spacial score (nSPS) is 22.8. The lowest BCUT2D eigenvalue weighted by molar-refractivity contribution is -0.0486. The third-order valence-electron chi connectivity index (χ3n) is 4.35. The molecule has 1 aliphatic heterocycles. The Hall–Kier alpha value is -1.10. The smallest absolute Gasteiger partial charge is 0.118 e. The Balaban J connectivity index is 2.20. The molecule has 4 heteroatoms. The van der Waals surface area contributed by atoms with Crippen molar-refractivity contribution in [2.45, 2.75) is 44.9 Å². The molecule has 0 spiro atoms. The summed E-state index contributed by atoms with van der Waals surface area (Å²) >= 11 is 0. The lowest BCUT2D eigenvalue weighted by Crippen LogP contribution is -2.49. The highest BCUT2D eigenvalue weighted by atomic mass is 16.5. The van der Waals surface area contributed by atoms with Gasteiger partial charge in [-0.2, -0.15) is 0 Å². The number of hydrogen-bond donors (Lipinski definition) is 1. The van der Waals surface area contributed by atoms with Crippen LogP contribution in [0.3, 0.4) is 0 Å². The molecule has 0 aromatic heterocycles. The zero-order valence-corrected chi connectivity index (χ0v) is 13.4. The summed E-state index contributed by atoms with van der Waals surface area (Å²) in [6.07, 6.45) is 2.33. The van der Waals surface area contributed by atoms with Gasteiger partial charge in [-0.1, -0.05) is 26.0 Å². The molecule has 118 valence electrons. The predicted molar refractivity (Wildman–Crippen MR) is 85.6 cm³/mol. The minimum Gasteiger partial charge on any atom is -0.497 e. The molecule has 0 bridgehead atoms. The van der Waals surface area contributed by atoms with Crippen LogP contribution in [0.5, 0.6) is 5.75 Å². The van der Waals surface area contributed by atoms with Crippen molar-refractivity contribution in [2.24, 2.45) is 5.73 Å². The Labute approximate surface area is 128 Å². The molecule has 0 radical (unpaired) electrons. The van der Waals surface area contributed by atoms with Gasteiger partial charge in [0.2, 0.25) is 0 Å². The molecule has 2 rings (SSSR count). The van der Waals surface area contributed by atoms with Crippen LogP contribution >= 0.6 is 0 Å². The van der Waals surface area contributed by atoms with Crippen LogP contribution in [0.15, 0.2) is 24.3 Å². The maximum Gasteiger partial charge on any atom is 0.118 e. The SMILES string of the molecule is CCC1CN(C(c2ccc(OC)cc2)C(N)CC)CCO1. The molecule has 3 unspecified atom stereocenters. The van der Waals surface area contributed by atoms with Gasteiger partial charge in [-0.25, -0.2) is 0 Å². The summed E-state index contributed by atoms with van der Waals surface area (Å²) in [6, 6.07) is 8.68. The topological polar surface area (TPSA) is 47.7 Å². The van der Waals surface area contributed by atoms with Gasteiger partial charge in [0, 0.05) is 19.1 Å². The third kappa shape index (κ3) is 3.96. The zero-order chi connectivity index (χ0) is 15.2. The summed E-state index contributed by atoms with van der Waals surface area (Å²) in [5.74, 6) is 0.885. The number of nitrogens with two attached hydrogens (primary N) is 1. The first-order valence-electron chi connectivity index (χ1n) is 7.94. The van der Waals surface area contributed by atoms with Crippen LogP contribution in [-0.4, -0.2) is 43.9 Å². The van der Waals surface area contributed by atoms with Crippen LogP contribution in [-0.2, 0) is 4.74 Å². The molecule has 4 nitrogen and oxygen atoms in total. The first-order valence-corrected chi connectivity index (χ1v) is 7.94. The van der Waals surface area contributed by atoms with Gasteiger partial charge < -0.3 is 15.2 Å². The van der Waals surface area contributed by atoms with Crippen molar-refractivity contribution in [1.82, 2.24) is 4.90 Å². The summed E-state index contributed by atoms with van der Waals surface area (Å²) in [4.78, 5) is 2.48. The summed E-state index contributed by atoms with van der Waals surface area (Å²) in [6.45, 7) is 7.03. The van der Waals surface area contributed by atoms with E-state index in [0.29, 0.717) is 6.10 Å². The molecular weight excluding hydrogens is 264 g/mol. The fourth-order valence-electron chi connectivity index (χ4n) is 2.99. The van der Waals surface area contributed by atoms with Crippen LogP contribution < -0.4 is 10.5 Å². The molecule has 2 N–H and O–H groups in total. The Morgan fingerprint density at radius 2 is 2.05 bits per heavy atom.